The normalized spacial score (nSPS) is 19.3. The summed E-state index contributed by atoms with van der Waals surface area (Å²) < 4.78 is 19.8. The lowest BCUT2D eigenvalue weighted by atomic mass is 10.1. The summed E-state index contributed by atoms with van der Waals surface area (Å²) in [6.07, 6.45) is -0.639. The molecule has 4 aromatic rings. The molecule has 4 aromatic carbocycles. The fourth-order valence-electron chi connectivity index (χ4n) is 4.85. The summed E-state index contributed by atoms with van der Waals surface area (Å²) in [6.45, 7) is 3.65. The van der Waals surface area contributed by atoms with E-state index in [2.05, 4.69) is 84.7 Å². The van der Waals surface area contributed by atoms with Crippen LogP contribution in [0.3, 0.4) is 0 Å². The second-order valence-electron chi connectivity index (χ2n) is 9.67. The molecule has 0 aromatic heterocycles. The molecule has 1 N–H and O–H groups in total. The van der Waals surface area contributed by atoms with E-state index in [0.29, 0.717) is 24.8 Å². The first-order valence-corrected chi connectivity index (χ1v) is 15.8. The van der Waals surface area contributed by atoms with Gasteiger partial charge >= 0.3 is 0 Å². The van der Waals surface area contributed by atoms with E-state index in [0.717, 1.165) is 11.1 Å². The van der Waals surface area contributed by atoms with E-state index < -0.39 is 8.32 Å². The number of thiocarbonyl (C=S) groups is 1. The Morgan fingerprint density at radius 2 is 1.11 bits per heavy atom. The first-order chi connectivity index (χ1) is 18.6. The van der Waals surface area contributed by atoms with Crippen molar-refractivity contribution < 1.29 is 13.9 Å². The minimum Gasteiger partial charge on any atom is -0.406 e. The third-order valence-electron chi connectivity index (χ3n) is 7.04. The van der Waals surface area contributed by atoms with Gasteiger partial charge in [-0.15, -0.1) is 0 Å². The van der Waals surface area contributed by atoms with E-state index in [9.17, 15) is 0 Å². The van der Waals surface area contributed by atoms with Crippen LogP contribution in [0.25, 0.3) is 0 Å². The molecule has 0 aliphatic carbocycles. The van der Waals surface area contributed by atoms with Gasteiger partial charge in [-0.1, -0.05) is 134 Å². The van der Waals surface area contributed by atoms with Crippen LogP contribution < -0.4 is 15.7 Å². The van der Waals surface area contributed by atoms with Crippen LogP contribution in [0.15, 0.2) is 121 Å². The van der Waals surface area contributed by atoms with Crippen molar-refractivity contribution in [3.05, 3.63) is 132 Å². The van der Waals surface area contributed by atoms with Gasteiger partial charge in [-0.25, -0.2) is 0 Å². The standard InChI is InChI=1S/C32H33NO3SSi/c1-38(27-18-10-4-11-19-27,28-20-12-5-13-21-28)36-24-29-30(34-22-25-14-6-2-7-15-25)31(32(37)33-29)35-23-26-16-8-3-9-17-26/h2-21,29-31H,22-24H2,1H3,(H,33,37). The molecular weight excluding hydrogens is 507 g/mol. The maximum atomic E-state index is 6.91. The summed E-state index contributed by atoms with van der Waals surface area (Å²) >= 11 is 5.78. The molecule has 6 heteroatoms. The Morgan fingerprint density at radius 3 is 1.61 bits per heavy atom. The molecule has 4 nitrogen and oxygen atoms in total. The fraction of sp³-hybridized carbons (Fsp3) is 0.219. The highest BCUT2D eigenvalue weighted by Crippen LogP contribution is 2.23. The molecule has 0 spiro atoms. The van der Waals surface area contributed by atoms with E-state index in [1.54, 1.807) is 0 Å². The molecular formula is C32H33NO3SSi. The molecule has 1 aliphatic heterocycles. The first kappa shape index (κ1) is 26.5. The zero-order valence-electron chi connectivity index (χ0n) is 21.5. The average molecular weight is 540 g/mol. The number of ether oxygens (including phenoxy) is 2. The van der Waals surface area contributed by atoms with Crippen LogP contribution in [0.4, 0.5) is 0 Å². The Bertz CT molecular complexity index is 1250. The topological polar surface area (TPSA) is 39.7 Å². The minimum atomic E-state index is -2.48. The van der Waals surface area contributed by atoms with E-state index >= 15 is 0 Å². The maximum Gasteiger partial charge on any atom is 0.252 e. The minimum absolute atomic E-state index is 0.133. The third kappa shape index (κ3) is 6.29. The molecule has 38 heavy (non-hydrogen) atoms. The van der Waals surface area contributed by atoms with Crippen molar-refractivity contribution in [2.24, 2.45) is 0 Å². The smallest absolute Gasteiger partial charge is 0.252 e. The molecule has 1 fully saturated rings. The van der Waals surface area contributed by atoms with Crippen LogP contribution in [0.1, 0.15) is 11.1 Å². The number of benzene rings is 4. The van der Waals surface area contributed by atoms with Crippen LogP contribution >= 0.6 is 12.2 Å². The Balaban J connectivity index is 1.36. The van der Waals surface area contributed by atoms with Crippen LogP contribution in [-0.4, -0.2) is 38.2 Å². The van der Waals surface area contributed by atoms with E-state index in [4.69, 9.17) is 26.1 Å². The molecule has 3 unspecified atom stereocenters. The van der Waals surface area contributed by atoms with Gasteiger partial charge in [-0.3, -0.25) is 0 Å². The second-order valence-corrected chi connectivity index (χ2v) is 13.6. The van der Waals surface area contributed by atoms with Gasteiger partial charge < -0.3 is 19.2 Å². The monoisotopic (exact) mass is 539 g/mol. The SMILES string of the molecule is C[Si](OCC1NC(=S)C(OCc2ccccc2)C1OCc1ccccc1)(c1ccccc1)c1ccccc1. The number of nitrogens with one attached hydrogen (secondary N) is 1. The Morgan fingerprint density at radius 1 is 0.658 bits per heavy atom. The zero-order valence-corrected chi connectivity index (χ0v) is 23.3. The molecule has 0 amide bonds. The molecule has 0 bridgehead atoms. The van der Waals surface area contributed by atoms with Gasteiger partial charge in [-0.05, 0) is 28.0 Å². The number of hydrogen-bond acceptors (Lipinski definition) is 4. The van der Waals surface area contributed by atoms with Gasteiger partial charge in [0.05, 0.1) is 25.9 Å². The molecule has 5 rings (SSSR count). The van der Waals surface area contributed by atoms with E-state index in [-0.39, 0.29) is 18.2 Å². The highest BCUT2D eigenvalue weighted by Gasteiger charge is 2.44. The highest BCUT2D eigenvalue weighted by atomic mass is 32.1. The lowest BCUT2D eigenvalue weighted by Crippen LogP contribution is -2.60. The van der Waals surface area contributed by atoms with Gasteiger partial charge in [0.2, 0.25) is 0 Å². The molecule has 194 valence electrons. The summed E-state index contributed by atoms with van der Waals surface area (Å²) in [4.78, 5) is 0.662. The van der Waals surface area contributed by atoms with Crippen molar-refractivity contribution >= 4 is 35.9 Å². The van der Waals surface area contributed by atoms with Crippen LogP contribution in [0.2, 0.25) is 6.55 Å². The molecule has 1 heterocycles. The van der Waals surface area contributed by atoms with E-state index in [1.165, 1.54) is 10.4 Å². The quantitative estimate of drug-likeness (QED) is 0.218. The molecule has 0 saturated carbocycles. The number of hydrogen-bond donors (Lipinski definition) is 1. The van der Waals surface area contributed by atoms with Gasteiger partial charge in [-0.2, -0.15) is 0 Å². The lowest BCUT2D eigenvalue weighted by Gasteiger charge is -2.31. The Hall–Kier alpha value is -3.13. The average Bonchev–Trinajstić information content (AvgIpc) is 3.29. The Kier molecular flexibility index (Phi) is 8.78. The third-order valence-corrected chi connectivity index (χ3v) is 11.0. The summed E-state index contributed by atoms with van der Waals surface area (Å²) in [6, 6.07) is 41.3. The van der Waals surface area contributed by atoms with Gasteiger partial charge in [0.1, 0.15) is 17.2 Å². The predicted molar refractivity (Wildman–Crippen MR) is 159 cm³/mol. The van der Waals surface area contributed by atoms with Crippen molar-refractivity contribution in [1.29, 1.82) is 0 Å². The zero-order chi connectivity index (χ0) is 26.2. The molecule has 1 aliphatic rings. The van der Waals surface area contributed by atoms with Crippen molar-refractivity contribution in [3.63, 3.8) is 0 Å². The van der Waals surface area contributed by atoms with Crippen molar-refractivity contribution in [2.45, 2.75) is 38.0 Å². The van der Waals surface area contributed by atoms with Crippen LogP contribution in [0, 0.1) is 0 Å². The van der Waals surface area contributed by atoms with Gasteiger partial charge in [0.15, 0.2) is 0 Å². The highest BCUT2D eigenvalue weighted by molar-refractivity contribution is 7.80. The summed E-state index contributed by atoms with van der Waals surface area (Å²) in [5, 5.41) is 5.94. The summed E-state index contributed by atoms with van der Waals surface area (Å²) in [7, 11) is -2.48. The van der Waals surface area contributed by atoms with Crippen LogP contribution in [0.5, 0.6) is 0 Å². The van der Waals surface area contributed by atoms with Gasteiger partial charge in [0.25, 0.3) is 8.32 Å². The largest absolute Gasteiger partial charge is 0.406 e. The van der Waals surface area contributed by atoms with Crippen molar-refractivity contribution in [2.75, 3.05) is 6.61 Å². The van der Waals surface area contributed by atoms with E-state index in [1.807, 2.05) is 48.5 Å². The predicted octanol–water partition coefficient (Wildman–Crippen LogP) is 4.86. The van der Waals surface area contributed by atoms with Gasteiger partial charge in [0, 0.05) is 0 Å². The van der Waals surface area contributed by atoms with Crippen molar-refractivity contribution in [1.82, 2.24) is 5.32 Å². The second kappa shape index (κ2) is 12.6. The summed E-state index contributed by atoms with van der Waals surface area (Å²) in [5.41, 5.74) is 2.21. The van der Waals surface area contributed by atoms with Crippen molar-refractivity contribution in [3.8, 4) is 0 Å². The molecule has 3 atom stereocenters. The molecule has 0 radical (unpaired) electrons. The fourth-order valence-corrected chi connectivity index (χ4v) is 8.04. The van der Waals surface area contributed by atoms with Crippen LogP contribution in [-0.2, 0) is 27.1 Å². The summed E-state index contributed by atoms with van der Waals surface area (Å²) in [5.74, 6) is 0. The Labute approximate surface area is 231 Å². The first-order valence-electron chi connectivity index (χ1n) is 13.0. The molecule has 1 saturated heterocycles. The number of rotatable bonds is 11. The lowest BCUT2D eigenvalue weighted by molar-refractivity contribution is -0.0606. The maximum absolute atomic E-state index is 6.91.